The summed E-state index contributed by atoms with van der Waals surface area (Å²) in [5, 5.41) is 17.0. The second kappa shape index (κ2) is 28.4. The number of halogens is 4. The van der Waals surface area contributed by atoms with Crippen molar-refractivity contribution >= 4 is 144 Å². The number of phenolic OH excluding ortho intramolecular Hbond substituents is 1. The number of pyridine rings is 3. The van der Waals surface area contributed by atoms with Gasteiger partial charge in [0.1, 0.15) is 41.3 Å². The topological polar surface area (TPSA) is 278 Å². The molecule has 0 radical (unpaired) electrons. The second-order valence-electron chi connectivity index (χ2n) is 23.3. The summed E-state index contributed by atoms with van der Waals surface area (Å²) in [5.41, 5.74) is 7.60. The number of fused-ring (bicyclic) bond motifs is 6. The number of hydrogen-bond donors (Lipinski definition) is 2. The molecule has 7 aromatic carbocycles. The summed E-state index contributed by atoms with van der Waals surface area (Å²) in [7, 11) is -3.29. The Labute approximate surface area is 591 Å². The van der Waals surface area contributed by atoms with Gasteiger partial charge in [-0.05, 0) is 119 Å². The number of anilines is 3. The van der Waals surface area contributed by atoms with Gasteiger partial charge in [-0.2, -0.15) is 0 Å². The fourth-order valence-electron chi connectivity index (χ4n) is 11.9. The van der Waals surface area contributed by atoms with Gasteiger partial charge in [0.2, 0.25) is 30.1 Å². The van der Waals surface area contributed by atoms with E-state index in [9.17, 15) is 44.7 Å². The number of nitrogens with zero attached hydrogens (tertiary/aromatic N) is 8. The molecular weight excluding hydrogens is 1420 g/mol. The molecule has 0 saturated heterocycles. The number of aromatic hydroxyl groups is 1. The Bertz CT molecular complexity index is 5230. The van der Waals surface area contributed by atoms with Crippen LogP contribution >= 0.6 is 46.4 Å². The number of nitrogens with one attached hydrogen (secondary N) is 1. The lowest BCUT2D eigenvalue weighted by Crippen LogP contribution is -2.26. The monoisotopic (exact) mass is 1480 g/mol. The quantitative estimate of drug-likeness (QED) is 0.0807. The molecule has 0 fully saturated rings. The molecule has 30 heteroatoms. The van der Waals surface area contributed by atoms with Gasteiger partial charge in [-0.25, -0.2) is 25.3 Å². The molecule has 0 spiro atoms. The molecule has 2 N–H and O–H groups in total. The standard InChI is InChI=1S/C28H25Cl2N3O5S.C21H21N3O5S.C20H17Cl2N3O4S/c1-32(39(3,35)36)26-22-5-4-10-31-25(22)27(38-16-17-6-8-21(37-2)9-7-17)24-23(26)15-33(28(24)34)14-18-11-19(29)13-20(30)12-18;1-24(30(3,26)27)19-15-5-4-10-22-18(15)20(17-16(19)11-23-21(17)25)29-12-13-6-8-14(28-2)9-7-13;1-24(30(2,28)29)18-14-4-3-5-23-17(14)19(26)16-15(18)10-25(20(16)27)9-11-6-12(21)8-13(22)7-11/h4-13H,14-16H2,1-3H3;4-10H,11-12H2,1-3H3,(H,23,25);3-8,26H,9-10H2,1-2H3. The molecule has 0 bridgehead atoms. The minimum Gasteiger partial charge on any atom is -0.505 e. The van der Waals surface area contributed by atoms with Crippen molar-refractivity contribution < 1.29 is 63.7 Å². The smallest absolute Gasteiger partial charge is 0.258 e. The van der Waals surface area contributed by atoms with E-state index in [2.05, 4.69) is 20.3 Å². The van der Waals surface area contributed by atoms with Crippen LogP contribution in [-0.4, -0.2) is 127 Å². The van der Waals surface area contributed by atoms with Crippen molar-refractivity contribution in [3.8, 4) is 28.7 Å². The molecule has 10 aromatic rings. The molecule has 3 aliphatic rings. The third kappa shape index (κ3) is 14.7. The first-order valence-corrected chi connectivity index (χ1v) is 37.1. The molecule has 0 atom stereocenters. The highest BCUT2D eigenvalue weighted by molar-refractivity contribution is 7.92. The van der Waals surface area contributed by atoms with Crippen LogP contribution in [-0.2, 0) is 76.0 Å². The zero-order valence-corrected chi connectivity index (χ0v) is 59.8. The number of phenols is 1. The van der Waals surface area contributed by atoms with Gasteiger partial charge in [0.05, 0.1) is 66.7 Å². The second-order valence-corrected chi connectivity index (χ2v) is 31.1. The van der Waals surface area contributed by atoms with E-state index in [1.54, 1.807) is 104 Å². The predicted octanol–water partition coefficient (Wildman–Crippen LogP) is 11.9. The van der Waals surface area contributed by atoms with Crippen LogP contribution in [0.2, 0.25) is 20.1 Å². The molecule has 0 aliphatic carbocycles. The molecule has 13 rings (SSSR count). The van der Waals surface area contributed by atoms with E-state index in [0.717, 1.165) is 45.5 Å². The number of sulfonamides is 3. The summed E-state index contributed by atoms with van der Waals surface area (Å²) in [6, 6.07) is 35.2. The molecule has 3 aromatic heterocycles. The van der Waals surface area contributed by atoms with Crippen molar-refractivity contribution in [3.63, 3.8) is 0 Å². The van der Waals surface area contributed by atoms with E-state index in [1.807, 2.05) is 48.5 Å². The highest BCUT2D eigenvalue weighted by atomic mass is 35.5. The summed E-state index contributed by atoms with van der Waals surface area (Å²) in [5.74, 6) is 0.797. The van der Waals surface area contributed by atoms with E-state index in [-0.39, 0.29) is 80.1 Å². The first-order valence-electron chi connectivity index (χ1n) is 30.0. The fraction of sp³-hybridized carbons (Fsp3) is 0.217. The summed E-state index contributed by atoms with van der Waals surface area (Å²) >= 11 is 24.5. The molecule has 3 amide bonds. The van der Waals surface area contributed by atoms with Crippen molar-refractivity contribution in [2.45, 2.75) is 45.9 Å². The van der Waals surface area contributed by atoms with Gasteiger partial charge in [0.15, 0.2) is 17.2 Å². The Balaban J connectivity index is 0.000000152. The highest BCUT2D eigenvalue weighted by Gasteiger charge is 2.40. The van der Waals surface area contributed by atoms with E-state index in [1.165, 1.54) is 40.9 Å². The maximum atomic E-state index is 13.9. The van der Waals surface area contributed by atoms with Crippen molar-refractivity contribution in [2.24, 2.45) is 0 Å². The number of methoxy groups -OCH3 is 2. The molecule has 514 valence electrons. The SMILES string of the molecule is CN(c1c2c(c(O)c3ncccc13)C(=O)N(Cc1cc(Cl)cc(Cl)c1)C2)S(C)(=O)=O.COc1ccc(COc2c3c(c(N(C)S(C)(=O)=O)c4cccnc24)CN(Cc2cc(Cl)cc(Cl)c2)C3=O)cc1.COc1ccc(COc2c3c(c(N(C)S(C)(=O)=O)c4cccnc24)CNC3=O)cc1. The minimum absolute atomic E-state index is 0.0554. The fourth-order valence-corrected chi connectivity index (χ4v) is 14.7. The van der Waals surface area contributed by atoms with Gasteiger partial charge >= 0.3 is 0 Å². The lowest BCUT2D eigenvalue weighted by atomic mass is 10.0. The Morgan fingerprint density at radius 1 is 0.485 bits per heavy atom. The number of carbonyl (C=O) groups is 3. The molecular formula is C69H63Cl4N9O14S3. The highest BCUT2D eigenvalue weighted by Crippen LogP contribution is 2.48. The molecule has 0 saturated carbocycles. The van der Waals surface area contributed by atoms with E-state index in [4.69, 9.17) is 65.4 Å². The number of aromatic nitrogens is 3. The van der Waals surface area contributed by atoms with E-state index in [0.29, 0.717) is 109 Å². The van der Waals surface area contributed by atoms with Crippen LogP contribution in [0.1, 0.15) is 70.0 Å². The van der Waals surface area contributed by atoms with Crippen LogP contribution in [0.3, 0.4) is 0 Å². The zero-order valence-electron chi connectivity index (χ0n) is 54.3. The van der Waals surface area contributed by atoms with Crippen LogP contribution in [0.4, 0.5) is 17.1 Å². The largest absolute Gasteiger partial charge is 0.505 e. The van der Waals surface area contributed by atoms with Gasteiger partial charge in [-0.15, -0.1) is 0 Å². The van der Waals surface area contributed by atoms with Gasteiger partial charge in [0, 0.05) is 125 Å². The molecule has 3 aliphatic heterocycles. The van der Waals surface area contributed by atoms with E-state index < -0.39 is 36.0 Å². The summed E-state index contributed by atoms with van der Waals surface area (Å²) < 4.78 is 101. The zero-order chi connectivity index (χ0) is 71.2. The normalized spacial score (nSPS) is 13.3. The summed E-state index contributed by atoms with van der Waals surface area (Å²) in [6.45, 7) is 1.30. The van der Waals surface area contributed by atoms with Gasteiger partial charge in [0.25, 0.3) is 17.7 Å². The number of rotatable bonds is 18. The lowest BCUT2D eigenvalue weighted by molar-refractivity contribution is 0.0756. The Kier molecular flexibility index (Phi) is 20.4. The van der Waals surface area contributed by atoms with Gasteiger partial charge < -0.3 is 39.2 Å². The summed E-state index contributed by atoms with van der Waals surface area (Å²) in [4.78, 5) is 56.0. The van der Waals surface area contributed by atoms with Crippen molar-refractivity contribution in [2.75, 3.05) is 67.0 Å². The van der Waals surface area contributed by atoms with Gasteiger partial charge in [-0.1, -0.05) is 70.7 Å². The first-order chi connectivity index (χ1) is 46.9. The Morgan fingerprint density at radius 3 is 1.23 bits per heavy atom. The maximum absolute atomic E-state index is 13.9. The summed E-state index contributed by atoms with van der Waals surface area (Å²) in [6.07, 6.45) is 7.98. The number of ether oxygens (including phenoxy) is 4. The average Bonchev–Trinajstić information content (AvgIpc) is 1.67. The van der Waals surface area contributed by atoms with Crippen molar-refractivity contribution in [1.29, 1.82) is 0 Å². The average molecular weight is 1480 g/mol. The minimum atomic E-state index is -3.66. The van der Waals surface area contributed by atoms with Crippen LogP contribution in [0.5, 0.6) is 28.7 Å². The van der Waals surface area contributed by atoms with Gasteiger partial charge in [-0.3, -0.25) is 42.3 Å². The lowest BCUT2D eigenvalue weighted by Gasteiger charge is -2.23. The number of carbonyl (C=O) groups excluding carboxylic acids is 3. The van der Waals surface area contributed by atoms with E-state index >= 15 is 0 Å². The number of amides is 3. The number of hydrogen-bond acceptors (Lipinski definition) is 17. The maximum Gasteiger partial charge on any atom is 0.258 e. The van der Waals surface area contributed by atoms with Crippen LogP contribution in [0, 0.1) is 0 Å². The molecule has 6 heterocycles. The predicted molar refractivity (Wildman–Crippen MR) is 383 cm³/mol. The Hall–Kier alpha value is -9.41. The Morgan fingerprint density at radius 2 is 0.838 bits per heavy atom. The van der Waals surface area contributed by atoms with Crippen LogP contribution in [0.15, 0.2) is 140 Å². The molecule has 99 heavy (non-hydrogen) atoms. The van der Waals surface area contributed by atoms with Crippen molar-refractivity contribution in [3.05, 3.63) is 216 Å². The molecule has 23 nitrogen and oxygen atoms in total. The number of benzene rings is 7. The first kappa shape index (κ1) is 70.9. The van der Waals surface area contributed by atoms with Crippen LogP contribution in [0.25, 0.3) is 32.7 Å². The van der Waals surface area contributed by atoms with Crippen molar-refractivity contribution in [1.82, 2.24) is 30.1 Å². The third-order valence-electron chi connectivity index (χ3n) is 16.8. The third-order valence-corrected chi connectivity index (χ3v) is 21.2. The molecule has 0 unspecified atom stereocenters. The van der Waals surface area contributed by atoms with Crippen LogP contribution < -0.4 is 37.2 Å².